The Hall–Kier alpha value is -1.39. The average molecular weight is 247 g/mol. The van der Waals surface area contributed by atoms with Gasteiger partial charge in [-0.3, -0.25) is 4.98 Å². The summed E-state index contributed by atoms with van der Waals surface area (Å²) in [5, 5.41) is 0. The predicted molar refractivity (Wildman–Crippen MR) is 73.6 cm³/mol. The summed E-state index contributed by atoms with van der Waals surface area (Å²) in [6.45, 7) is 4.64. The lowest BCUT2D eigenvalue weighted by Gasteiger charge is -2.28. The Kier molecular flexibility index (Phi) is 4.33. The van der Waals surface area contributed by atoms with Gasteiger partial charge in [-0.1, -0.05) is 6.08 Å². The summed E-state index contributed by atoms with van der Waals surface area (Å²) in [4.78, 5) is 6.71. The zero-order valence-corrected chi connectivity index (χ0v) is 11.1. The predicted octanol–water partition coefficient (Wildman–Crippen LogP) is 1.88. The van der Waals surface area contributed by atoms with Gasteiger partial charge in [-0.05, 0) is 31.1 Å². The van der Waals surface area contributed by atoms with Gasteiger partial charge < -0.3 is 15.4 Å². The number of hydrogen-bond donors (Lipinski definition) is 1. The van der Waals surface area contributed by atoms with Gasteiger partial charge in [0.15, 0.2) is 0 Å². The highest BCUT2D eigenvalue weighted by Gasteiger charge is 2.12. The van der Waals surface area contributed by atoms with Crippen molar-refractivity contribution in [3.8, 4) is 0 Å². The Morgan fingerprint density at radius 3 is 2.83 bits per heavy atom. The molecule has 0 spiro atoms. The fourth-order valence-electron chi connectivity index (χ4n) is 2.12. The third-order valence-electron chi connectivity index (χ3n) is 3.24. The number of nitrogens with zero attached hydrogens (tertiary/aromatic N) is 2. The molecule has 4 nitrogen and oxygen atoms in total. The summed E-state index contributed by atoms with van der Waals surface area (Å²) >= 11 is 0. The van der Waals surface area contributed by atoms with E-state index in [0.717, 1.165) is 37.5 Å². The number of aromatic nitrogens is 1. The fraction of sp³-hybridized carbons (Fsp3) is 0.500. The van der Waals surface area contributed by atoms with Crippen molar-refractivity contribution in [2.24, 2.45) is 5.73 Å². The number of hydrogen-bond acceptors (Lipinski definition) is 4. The molecule has 1 aromatic heterocycles. The van der Waals surface area contributed by atoms with Crippen LogP contribution < -0.4 is 10.6 Å². The van der Waals surface area contributed by atoms with Crippen LogP contribution in [0.2, 0.25) is 0 Å². The maximum absolute atomic E-state index is 5.79. The standard InChI is InChI=1S/C14H21N3O/c1-11(15)14-4-3-13(9-16-14)17-7-5-12(6-8-17)10-18-2/h3-5,9,11H,6-8,10,15H2,1-2H3. The molecule has 2 heterocycles. The van der Waals surface area contributed by atoms with Crippen LogP contribution in [0.1, 0.15) is 25.1 Å². The molecule has 0 bridgehead atoms. The SMILES string of the molecule is COCC1=CCN(c2ccc(C(C)N)nc2)CC1. The third kappa shape index (κ3) is 3.09. The lowest BCUT2D eigenvalue weighted by molar-refractivity contribution is 0.222. The van der Waals surface area contributed by atoms with Crippen molar-refractivity contribution >= 4 is 5.69 Å². The molecule has 0 aliphatic carbocycles. The monoisotopic (exact) mass is 247 g/mol. The van der Waals surface area contributed by atoms with E-state index >= 15 is 0 Å². The summed E-state index contributed by atoms with van der Waals surface area (Å²) < 4.78 is 5.15. The van der Waals surface area contributed by atoms with E-state index < -0.39 is 0 Å². The van der Waals surface area contributed by atoms with Gasteiger partial charge >= 0.3 is 0 Å². The zero-order chi connectivity index (χ0) is 13.0. The van der Waals surface area contributed by atoms with Crippen LogP contribution in [0.4, 0.5) is 5.69 Å². The normalized spacial score (nSPS) is 17.5. The summed E-state index contributed by atoms with van der Waals surface area (Å²) in [5.41, 5.74) is 9.27. The highest BCUT2D eigenvalue weighted by Crippen LogP contribution is 2.20. The fourth-order valence-corrected chi connectivity index (χ4v) is 2.12. The lowest BCUT2D eigenvalue weighted by Crippen LogP contribution is -2.29. The smallest absolute Gasteiger partial charge is 0.0674 e. The molecule has 98 valence electrons. The molecule has 0 saturated heterocycles. The van der Waals surface area contributed by atoms with E-state index in [4.69, 9.17) is 10.5 Å². The second-order valence-corrected chi connectivity index (χ2v) is 4.72. The van der Waals surface area contributed by atoms with Crippen LogP contribution in [0.25, 0.3) is 0 Å². The molecule has 1 aliphatic rings. The van der Waals surface area contributed by atoms with Crippen LogP contribution in [0.15, 0.2) is 30.0 Å². The molecule has 18 heavy (non-hydrogen) atoms. The minimum Gasteiger partial charge on any atom is -0.380 e. The maximum atomic E-state index is 5.79. The van der Waals surface area contributed by atoms with Crippen molar-refractivity contribution in [3.63, 3.8) is 0 Å². The van der Waals surface area contributed by atoms with Crippen molar-refractivity contribution in [2.45, 2.75) is 19.4 Å². The molecule has 1 aromatic rings. The van der Waals surface area contributed by atoms with Gasteiger partial charge in [0.1, 0.15) is 0 Å². The van der Waals surface area contributed by atoms with Gasteiger partial charge in [-0.2, -0.15) is 0 Å². The van der Waals surface area contributed by atoms with E-state index in [0.29, 0.717) is 0 Å². The Labute approximate surface area is 108 Å². The summed E-state index contributed by atoms with van der Waals surface area (Å²) in [5.74, 6) is 0. The zero-order valence-electron chi connectivity index (χ0n) is 11.1. The van der Waals surface area contributed by atoms with Crippen molar-refractivity contribution in [3.05, 3.63) is 35.7 Å². The van der Waals surface area contributed by atoms with E-state index in [9.17, 15) is 0 Å². The quantitative estimate of drug-likeness (QED) is 0.825. The Morgan fingerprint density at radius 2 is 2.33 bits per heavy atom. The number of anilines is 1. The Morgan fingerprint density at radius 1 is 1.50 bits per heavy atom. The van der Waals surface area contributed by atoms with Crippen molar-refractivity contribution in [2.75, 3.05) is 31.7 Å². The highest BCUT2D eigenvalue weighted by atomic mass is 16.5. The van der Waals surface area contributed by atoms with Gasteiger partial charge in [0.2, 0.25) is 0 Å². The average Bonchev–Trinajstić information content (AvgIpc) is 2.40. The molecule has 0 fully saturated rings. The Bertz CT molecular complexity index is 412. The number of ether oxygens (including phenoxy) is 1. The molecule has 0 saturated carbocycles. The van der Waals surface area contributed by atoms with Crippen LogP contribution in [0.3, 0.4) is 0 Å². The minimum absolute atomic E-state index is 0.00592. The molecule has 0 radical (unpaired) electrons. The first-order chi connectivity index (χ1) is 8.70. The number of rotatable bonds is 4. The topological polar surface area (TPSA) is 51.4 Å². The van der Waals surface area contributed by atoms with E-state index in [1.54, 1.807) is 7.11 Å². The van der Waals surface area contributed by atoms with Crippen molar-refractivity contribution in [1.82, 2.24) is 4.98 Å². The molecular formula is C14H21N3O. The summed E-state index contributed by atoms with van der Waals surface area (Å²) in [7, 11) is 1.74. The first-order valence-electron chi connectivity index (χ1n) is 6.34. The van der Waals surface area contributed by atoms with Crippen molar-refractivity contribution in [1.29, 1.82) is 0 Å². The van der Waals surface area contributed by atoms with Gasteiger partial charge in [0, 0.05) is 26.2 Å². The van der Waals surface area contributed by atoms with E-state index in [-0.39, 0.29) is 6.04 Å². The highest BCUT2D eigenvalue weighted by molar-refractivity contribution is 5.46. The molecule has 4 heteroatoms. The largest absolute Gasteiger partial charge is 0.380 e. The molecule has 0 amide bonds. The van der Waals surface area contributed by atoms with E-state index in [2.05, 4.69) is 22.0 Å². The van der Waals surface area contributed by atoms with Crippen LogP contribution in [0, 0.1) is 0 Å². The van der Waals surface area contributed by atoms with Crippen LogP contribution in [-0.2, 0) is 4.74 Å². The van der Waals surface area contributed by atoms with E-state index in [1.165, 1.54) is 5.57 Å². The number of nitrogens with two attached hydrogens (primary N) is 1. The first kappa shape index (κ1) is 13.1. The summed E-state index contributed by atoms with van der Waals surface area (Å²) in [6, 6.07) is 4.10. The lowest BCUT2D eigenvalue weighted by atomic mass is 10.1. The van der Waals surface area contributed by atoms with Crippen molar-refractivity contribution < 1.29 is 4.74 Å². The van der Waals surface area contributed by atoms with Gasteiger partial charge in [0.25, 0.3) is 0 Å². The van der Waals surface area contributed by atoms with Crippen LogP contribution >= 0.6 is 0 Å². The molecule has 1 atom stereocenters. The first-order valence-corrected chi connectivity index (χ1v) is 6.34. The van der Waals surface area contributed by atoms with Crippen LogP contribution in [-0.4, -0.2) is 31.8 Å². The Balaban J connectivity index is 2.01. The summed E-state index contributed by atoms with van der Waals surface area (Å²) in [6.07, 6.45) is 5.21. The molecule has 2 N–H and O–H groups in total. The second kappa shape index (κ2) is 5.98. The van der Waals surface area contributed by atoms with Gasteiger partial charge in [0.05, 0.1) is 24.2 Å². The number of methoxy groups -OCH3 is 1. The maximum Gasteiger partial charge on any atom is 0.0674 e. The third-order valence-corrected chi connectivity index (χ3v) is 3.24. The minimum atomic E-state index is -0.00592. The molecule has 2 rings (SSSR count). The molecular weight excluding hydrogens is 226 g/mol. The van der Waals surface area contributed by atoms with Crippen LogP contribution in [0.5, 0.6) is 0 Å². The molecule has 1 unspecified atom stereocenters. The molecule has 1 aliphatic heterocycles. The number of pyridine rings is 1. The second-order valence-electron chi connectivity index (χ2n) is 4.72. The van der Waals surface area contributed by atoms with E-state index in [1.807, 2.05) is 19.2 Å². The molecule has 0 aromatic carbocycles. The van der Waals surface area contributed by atoms with Gasteiger partial charge in [-0.15, -0.1) is 0 Å². The van der Waals surface area contributed by atoms with Gasteiger partial charge in [-0.25, -0.2) is 0 Å².